The number of alkyl carbamates (subject to hydrolysis) is 2. The highest BCUT2D eigenvalue weighted by Crippen LogP contribution is 2.39. The zero-order valence-electron chi connectivity index (χ0n) is 23.9. The monoisotopic (exact) mass is 503 g/mol. The van der Waals surface area contributed by atoms with Gasteiger partial charge >= 0.3 is 12.2 Å². The van der Waals surface area contributed by atoms with Crippen molar-refractivity contribution in [1.82, 2.24) is 15.5 Å². The average Bonchev–Trinajstić information content (AvgIpc) is 3.17. The molecule has 9 heteroatoms. The van der Waals surface area contributed by atoms with E-state index in [-0.39, 0.29) is 5.96 Å². The van der Waals surface area contributed by atoms with E-state index in [1.165, 1.54) is 5.69 Å². The van der Waals surface area contributed by atoms with Crippen LogP contribution in [0.4, 0.5) is 21.0 Å². The topological polar surface area (TPSA) is 95.5 Å². The molecule has 2 fully saturated rings. The molecule has 1 aromatic carbocycles. The molecule has 0 spiro atoms. The van der Waals surface area contributed by atoms with E-state index in [1.54, 1.807) is 41.5 Å². The highest BCUT2D eigenvalue weighted by atomic mass is 16.6. The van der Waals surface area contributed by atoms with Gasteiger partial charge in [0.2, 0.25) is 5.96 Å². The number of rotatable bonds is 2. The molecule has 0 saturated carbocycles. The molecule has 0 radical (unpaired) electrons. The first kappa shape index (κ1) is 29.4. The van der Waals surface area contributed by atoms with Crippen molar-refractivity contribution in [2.45, 2.75) is 92.5 Å². The molecule has 1 aromatic rings. The fourth-order valence-corrected chi connectivity index (χ4v) is 4.60. The largest absolute Gasteiger partial charge is 0.444 e. The van der Waals surface area contributed by atoms with Crippen LogP contribution in [0.2, 0.25) is 0 Å². The van der Waals surface area contributed by atoms with Crippen molar-refractivity contribution in [3.63, 3.8) is 0 Å². The number of hydrogen-bond donors (Lipinski definition) is 2. The van der Waals surface area contributed by atoms with E-state index >= 15 is 0 Å². The van der Waals surface area contributed by atoms with Crippen LogP contribution in [0.25, 0.3) is 0 Å². The molecule has 2 aliphatic rings. The van der Waals surface area contributed by atoms with Gasteiger partial charge < -0.3 is 14.4 Å². The second-order valence-electron chi connectivity index (χ2n) is 11.3. The first-order valence-electron chi connectivity index (χ1n) is 12.8. The first-order chi connectivity index (χ1) is 16.6. The number of amides is 2. The number of ether oxygens (including phenoxy) is 2. The van der Waals surface area contributed by atoms with Gasteiger partial charge in [-0.15, -0.1) is 0 Å². The molecule has 9 nitrogen and oxygen atoms in total. The van der Waals surface area contributed by atoms with E-state index in [0.717, 1.165) is 18.7 Å². The number of aryl methyl sites for hydroxylation is 1. The molecule has 0 aliphatic carbocycles. The molecule has 3 rings (SSSR count). The number of nitrogens with one attached hydrogen (secondary N) is 2. The molecule has 2 N–H and O–H groups in total. The quantitative estimate of drug-likeness (QED) is 0.426. The van der Waals surface area contributed by atoms with Crippen LogP contribution in [-0.4, -0.2) is 66.5 Å². The van der Waals surface area contributed by atoms with Crippen LogP contribution in [0, 0.1) is 12.8 Å². The third-order valence-corrected chi connectivity index (χ3v) is 6.01. The number of hydrogen-bond acceptors (Lipinski definition) is 7. The summed E-state index contributed by atoms with van der Waals surface area (Å²) in [6.45, 7) is 21.0. The van der Waals surface area contributed by atoms with Crippen molar-refractivity contribution < 1.29 is 19.1 Å². The summed E-state index contributed by atoms with van der Waals surface area (Å²) in [5.41, 5.74) is 1.47. The van der Waals surface area contributed by atoms with Crippen LogP contribution in [-0.2, 0) is 9.47 Å². The smallest absolute Gasteiger partial charge is 0.414 e. The minimum atomic E-state index is -0.721. The summed E-state index contributed by atoms with van der Waals surface area (Å²) in [5, 5.41) is 5.04. The number of carbonyl (C=O) groups is 2. The lowest BCUT2D eigenvalue weighted by Crippen LogP contribution is -2.47. The van der Waals surface area contributed by atoms with Crippen molar-refractivity contribution >= 4 is 29.5 Å². The van der Waals surface area contributed by atoms with E-state index in [2.05, 4.69) is 52.4 Å². The molecule has 2 aliphatic heterocycles. The number of likely N-dealkylation sites (tertiary alicyclic amines) is 1. The molecule has 36 heavy (non-hydrogen) atoms. The summed E-state index contributed by atoms with van der Waals surface area (Å²) in [6.07, 6.45) is -1.44. The first-order valence-corrected chi connectivity index (χ1v) is 12.8. The van der Waals surface area contributed by atoms with Gasteiger partial charge in [0.1, 0.15) is 11.2 Å². The van der Waals surface area contributed by atoms with Crippen molar-refractivity contribution in [3.8, 4) is 0 Å². The molecule has 2 amide bonds. The molecular weight excluding hydrogens is 458 g/mol. The standard InChI is InChI=1S/C25H39N5O4.C2H6/c1-15-12-17(10-11-18(15)30-14-19-16(2)20(30)13-29(19)9)26-21(27-22(31)33-24(3,4)5)28-23(32)34-25(6,7)8;1-2/h10-12,16,19-20H,13-14H2,1-9H3,(H2,26,27,28,31,32);1-2H3. The summed E-state index contributed by atoms with van der Waals surface area (Å²) in [6, 6.07) is 6.96. The van der Waals surface area contributed by atoms with Gasteiger partial charge in [-0.2, -0.15) is 0 Å². The molecule has 2 bridgehead atoms. The Labute approximate surface area is 216 Å². The number of nitrogens with zero attached hydrogens (tertiary/aromatic N) is 3. The maximum Gasteiger partial charge on any atom is 0.414 e. The van der Waals surface area contributed by atoms with Gasteiger partial charge in [0, 0.05) is 30.9 Å². The van der Waals surface area contributed by atoms with Gasteiger partial charge in [-0.3, -0.25) is 15.5 Å². The van der Waals surface area contributed by atoms with Crippen LogP contribution in [0.3, 0.4) is 0 Å². The molecule has 0 aromatic heterocycles. The maximum atomic E-state index is 12.3. The minimum Gasteiger partial charge on any atom is -0.444 e. The van der Waals surface area contributed by atoms with E-state index in [4.69, 9.17) is 9.47 Å². The summed E-state index contributed by atoms with van der Waals surface area (Å²) in [7, 11) is 2.19. The third kappa shape index (κ3) is 7.85. The lowest BCUT2D eigenvalue weighted by molar-refractivity contribution is 0.0545. The summed E-state index contributed by atoms with van der Waals surface area (Å²) in [5.74, 6) is 0.566. The van der Waals surface area contributed by atoms with E-state index in [9.17, 15) is 9.59 Å². The van der Waals surface area contributed by atoms with E-state index < -0.39 is 23.4 Å². The number of anilines is 1. The van der Waals surface area contributed by atoms with Gasteiger partial charge in [0.05, 0.1) is 5.69 Å². The SMILES string of the molecule is CC.Cc1cc(N=C(NC(=O)OC(C)(C)C)NC(=O)OC(C)(C)C)ccc1N1CC2C(C)C1CN2C. The number of fused-ring (bicyclic) bond motifs is 2. The zero-order valence-corrected chi connectivity index (χ0v) is 23.9. The van der Waals surface area contributed by atoms with Crippen molar-refractivity contribution in [2.24, 2.45) is 10.9 Å². The number of aliphatic imine (C=N–C) groups is 1. The van der Waals surface area contributed by atoms with Crippen LogP contribution >= 0.6 is 0 Å². The Balaban J connectivity index is 0.00000222. The summed E-state index contributed by atoms with van der Waals surface area (Å²) >= 11 is 0. The number of likely N-dealkylation sites (N-methyl/N-ethyl adjacent to an activating group) is 1. The summed E-state index contributed by atoms with van der Waals surface area (Å²) in [4.78, 5) is 34.1. The molecular formula is C27H45N5O4. The molecule has 3 atom stereocenters. The molecule has 2 saturated heterocycles. The Bertz CT molecular complexity index is 932. The maximum absolute atomic E-state index is 12.3. The number of carbonyl (C=O) groups excluding carboxylic acids is 2. The van der Waals surface area contributed by atoms with Gasteiger partial charge in [-0.1, -0.05) is 20.8 Å². The van der Waals surface area contributed by atoms with Gasteiger partial charge in [0.15, 0.2) is 0 Å². The van der Waals surface area contributed by atoms with Gasteiger partial charge in [-0.25, -0.2) is 14.6 Å². The highest BCUT2D eigenvalue weighted by Gasteiger charge is 2.47. The second kappa shape index (κ2) is 11.5. The van der Waals surface area contributed by atoms with Gasteiger partial charge in [-0.05, 0) is 85.2 Å². The van der Waals surface area contributed by atoms with E-state index in [1.807, 2.05) is 26.0 Å². The average molecular weight is 504 g/mol. The fraction of sp³-hybridized carbons (Fsp3) is 0.667. The Kier molecular flexibility index (Phi) is 9.40. The number of piperazine rings is 1. The predicted molar refractivity (Wildman–Crippen MR) is 145 cm³/mol. The predicted octanol–water partition coefficient (Wildman–Crippen LogP) is 5.20. The Hall–Kier alpha value is -2.81. The molecule has 2 heterocycles. The fourth-order valence-electron chi connectivity index (χ4n) is 4.60. The number of guanidine groups is 1. The lowest BCUT2D eigenvalue weighted by atomic mass is 10.0. The van der Waals surface area contributed by atoms with Crippen molar-refractivity contribution in [3.05, 3.63) is 23.8 Å². The van der Waals surface area contributed by atoms with Crippen LogP contribution in [0.5, 0.6) is 0 Å². The van der Waals surface area contributed by atoms with Crippen LogP contribution < -0.4 is 15.5 Å². The summed E-state index contributed by atoms with van der Waals surface area (Å²) < 4.78 is 10.6. The van der Waals surface area contributed by atoms with Crippen molar-refractivity contribution in [2.75, 3.05) is 25.0 Å². The normalized spacial score (nSPS) is 21.3. The third-order valence-electron chi connectivity index (χ3n) is 6.01. The minimum absolute atomic E-state index is 0.0638. The Morgan fingerprint density at radius 2 is 1.47 bits per heavy atom. The van der Waals surface area contributed by atoms with Crippen molar-refractivity contribution in [1.29, 1.82) is 0 Å². The number of benzene rings is 1. The Morgan fingerprint density at radius 1 is 0.944 bits per heavy atom. The lowest BCUT2D eigenvalue weighted by Gasteiger charge is -2.34. The molecule has 202 valence electrons. The Morgan fingerprint density at radius 3 is 1.86 bits per heavy atom. The van der Waals surface area contributed by atoms with E-state index in [0.29, 0.717) is 23.7 Å². The van der Waals surface area contributed by atoms with Gasteiger partial charge in [0.25, 0.3) is 0 Å². The second-order valence-corrected chi connectivity index (χ2v) is 11.3. The van der Waals surface area contributed by atoms with Crippen LogP contribution in [0.15, 0.2) is 23.2 Å². The zero-order chi connectivity index (χ0) is 27.4. The highest BCUT2D eigenvalue weighted by molar-refractivity contribution is 6.02. The van der Waals surface area contributed by atoms with Crippen LogP contribution in [0.1, 0.15) is 67.9 Å². The molecule has 3 unspecified atom stereocenters.